The Morgan fingerprint density at radius 1 is 0.821 bits per heavy atom. The second kappa shape index (κ2) is 8.81. The van der Waals surface area contributed by atoms with Gasteiger partial charge in [0.25, 0.3) is 0 Å². The maximum absolute atomic E-state index is 5.20. The van der Waals surface area contributed by atoms with Crippen molar-refractivity contribution in [3.63, 3.8) is 0 Å². The second-order valence-electron chi connectivity index (χ2n) is 11.3. The standard InChI is InChI=1S/C37H32N2/c1-5-6-8-15-26-20-27-21-28(18-19-29(27)24(26)2)39-34-17-12-11-16-30(34)31-22-33-32(23-35(31)39)37(3,4)36(38-33)25-13-9-7-10-14-25/h5-24H,1-4H3/b6-5-,15-8-. The molecule has 190 valence electrons. The van der Waals surface area contributed by atoms with Crippen LogP contribution in [0.15, 0.2) is 120 Å². The molecule has 7 rings (SSSR count). The molecule has 0 saturated carbocycles. The summed E-state index contributed by atoms with van der Waals surface area (Å²) in [5.41, 5.74) is 12.2. The average molecular weight is 505 g/mol. The number of para-hydroxylation sites is 1. The van der Waals surface area contributed by atoms with Gasteiger partial charge in [0, 0.05) is 27.8 Å². The molecule has 0 amide bonds. The smallest absolute Gasteiger partial charge is 0.0682 e. The highest BCUT2D eigenvalue weighted by Gasteiger charge is 2.36. The fourth-order valence-electron chi connectivity index (χ4n) is 6.46. The molecular formula is C37H32N2. The largest absolute Gasteiger partial charge is 0.309 e. The van der Waals surface area contributed by atoms with Crippen molar-refractivity contribution in [3.05, 3.63) is 137 Å². The van der Waals surface area contributed by atoms with Crippen LogP contribution in [0.5, 0.6) is 0 Å². The van der Waals surface area contributed by atoms with Crippen molar-refractivity contribution in [2.75, 3.05) is 0 Å². The van der Waals surface area contributed by atoms with Crippen LogP contribution in [0.25, 0.3) is 33.6 Å². The molecule has 0 saturated heterocycles. The molecule has 0 bridgehead atoms. The Morgan fingerprint density at radius 2 is 1.62 bits per heavy atom. The van der Waals surface area contributed by atoms with Crippen molar-refractivity contribution in [2.24, 2.45) is 4.99 Å². The highest BCUT2D eigenvalue weighted by Crippen LogP contribution is 2.46. The number of allylic oxidation sites excluding steroid dienone is 5. The predicted octanol–water partition coefficient (Wildman–Crippen LogP) is 9.83. The van der Waals surface area contributed by atoms with E-state index in [4.69, 9.17) is 4.99 Å². The molecule has 2 heterocycles. The van der Waals surface area contributed by atoms with E-state index in [9.17, 15) is 0 Å². The summed E-state index contributed by atoms with van der Waals surface area (Å²) in [6.07, 6.45) is 10.9. The van der Waals surface area contributed by atoms with Crippen molar-refractivity contribution in [3.8, 4) is 5.69 Å². The number of aliphatic imine (C=N–C) groups is 1. The zero-order chi connectivity index (χ0) is 26.7. The third kappa shape index (κ3) is 3.59. The molecule has 1 aromatic heterocycles. The van der Waals surface area contributed by atoms with Crippen LogP contribution in [-0.4, -0.2) is 10.3 Å². The first-order valence-corrected chi connectivity index (χ1v) is 13.8. The Labute approximate surface area is 230 Å². The van der Waals surface area contributed by atoms with Crippen LogP contribution >= 0.6 is 0 Å². The van der Waals surface area contributed by atoms with Gasteiger partial charge < -0.3 is 4.57 Å². The summed E-state index contributed by atoms with van der Waals surface area (Å²) >= 11 is 0. The molecule has 5 aromatic rings. The topological polar surface area (TPSA) is 17.3 Å². The lowest BCUT2D eigenvalue weighted by atomic mass is 9.79. The molecule has 2 heteroatoms. The van der Waals surface area contributed by atoms with E-state index in [-0.39, 0.29) is 5.41 Å². The van der Waals surface area contributed by atoms with Gasteiger partial charge in [-0.25, -0.2) is 0 Å². The minimum atomic E-state index is -0.184. The number of aromatic nitrogens is 1. The summed E-state index contributed by atoms with van der Waals surface area (Å²) in [7, 11) is 0. The molecule has 2 aliphatic rings. The number of fused-ring (bicyclic) bond motifs is 5. The van der Waals surface area contributed by atoms with E-state index in [0.717, 1.165) is 11.4 Å². The molecule has 1 aliphatic heterocycles. The molecule has 39 heavy (non-hydrogen) atoms. The van der Waals surface area contributed by atoms with E-state index in [1.807, 2.05) is 0 Å². The van der Waals surface area contributed by atoms with Gasteiger partial charge in [0.05, 0.1) is 22.4 Å². The van der Waals surface area contributed by atoms with Crippen LogP contribution < -0.4 is 0 Å². The van der Waals surface area contributed by atoms with Crippen molar-refractivity contribution in [1.29, 1.82) is 0 Å². The summed E-state index contributed by atoms with van der Waals surface area (Å²) in [5.74, 6) is 0.395. The van der Waals surface area contributed by atoms with Gasteiger partial charge in [-0.3, -0.25) is 4.99 Å². The van der Waals surface area contributed by atoms with Crippen LogP contribution in [0.2, 0.25) is 0 Å². The van der Waals surface area contributed by atoms with Gasteiger partial charge in [0.1, 0.15) is 0 Å². The number of benzene rings is 4. The number of hydrogen-bond acceptors (Lipinski definition) is 1. The zero-order valence-electron chi connectivity index (χ0n) is 22.9. The Bertz CT molecular complexity index is 1890. The summed E-state index contributed by atoms with van der Waals surface area (Å²) < 4.78 is 2.44. The van der Waals surface area contributed by atoms with Gasteiger partial charge in [-0.05, 0) is 65.1 Å². The first kappa shape index (κ1) is 23.7. The number of hydrogen-bond donors (Lipinski definition) is 0. The first-order chi connectivity index (χ1) is 19.0. The Hall–Kier alpha value is -4.43. The summed E-state index contributed by atoms with van der Waals surface area (Å²) in [6, 6.07) is 31.0. The highest BCUT2D eigenvalue weighted by atomic mass is 15.0. The summed E-state index contributed by atoms with van der Waals surface area (Å²) in [4.78, 5) is 5.20. The van der Waals surface area contributed by atoms with Crippen molar-refractivity contribution in [1.82, 2.24) is 4.57 Å². The van der Waals surface area contributed by atoms with Gasteiger partial charge in [-0.2, -0.15) is 0 Å². The molecule has 2 nitrogen and oxygen atoms in total. The highest BCUT2D eigenvalue weighted by molar-refractivity contribution is 6.16. The van der Waals surface area contributed by atoms with E-state index in [0.29, 0.717) is 5.92 Å². The van der Waals surface area contributed by atoms with Crippen LogP contribution in [0.3, 0.4) is 0 Å². The van der Waals surface area contributed by atoms with E-state index in [1.165, 1.54) is 55.3 Å². The predicted molar refractivity (Wildman–Crippen MR) is 167 cm³/mol. The van der Waals surface area contributed by atoms with Crippen LogP contribution in [-0.2, 0) is 5.41 Å². The average Bonchev–Trinajstić information content (AvgIpc) is 3.54. The van der Waals surface area contributed by atoms with Gasteiger partial charge >= 0.3 is 0 Å². The normalized spacial score (nSPS) is 17.8. The van der Waals surface area contributed by atoms with E-state index >= 15 is 0 Å². The lowest BCUT2D eigenvalue weighted by Gasteiger charge is -2.23. The minimum absolute atomic E-state index is 0.184. The van der Waals surface area contributed by atoms with Crippen molar-refractivity contribution < 1.29 is 0 Å². The lowest BCUT2D eigenvalue weighted by Crippen LogP contribution is -2.26. The molecule has 0 spiro atoms. The summed E-state index contributed by atoms with van der Waals surface area (Å²) in [5, 5.41) is 2.51. The van der Waals surface area contributed by atoms with Gasteiger partial charge in [-0.15, -0.1) is 0 Å². The Kier molecular flexibility index (Phi) is 5.35. The maximum Gasteiger partial charge on any atom is 0.0682 e. The van der Waals surface area contributed by atoms with Gasteiger partial charge in [0.2, 0.25) is 0 Å². The van der Waals surface area contributed by atoms with E-state index in [2.05, 4.69) is 148 Å². The van der Waals surface area contributed by atoms with E-state index < -0.39 is 0 Å². The van der Waals surface area contributed by atoms with Crippen LogP contribution in [0, 0.1) is 0 Å². The maximum atomic E-state index is 5.20. The molecule has 0 fully saturated rings. The Balaban J connectivity index is 1.42. The third-order valence-corrected chi connectivity index (χ3v) is 8.54. The SMILES string of the molecule is C/C=C\C=C/C1=Cc2cc(-n3c4ccccc4c4cc5c(cc43)C(C)(C)C(c3ccccc3)=N5)ccc2C1C. The molecular weight excluding hydrogens is 472 g/mol. The molecule has 0 radical (unpaired) electrons. The third-order valence-electron chi connectivity index (χ3n) is 8.54. The lowest BCUT2D eigenvalue weighted by molar-refractivity contribution is 0.738. The minimum Gasteiger partial charge on any atom is -0.309 e. The molecule has 1 unspecified atom stereocenters. The van der Waals surface area contributed by atoms with Crippen LogP contribution in [0.4, 0.5) is 5.69 Å². The monoisotopic (exact) mass is 504 g/mol. The van der Waals surface area contributed by atoms with Crippen molar-refractivity contribution in [2.45, 2.75) is 39.0 Å². The molecule has 0 N–H and O–H groups in total. The van der Waals surface area contributed by atoms with Crippen molar-refractivity contribution >= 4 is 39.3 Å². The van der Waals surface area contributed by atoms with Gasteiger partial charge in [-0.1, -0.05) is 106 Å². The quantitative estimate of drug-likeness (QED) is 0.217. The number of nitrogens with zero attached hydrogens (tertiary/aromatic N) is 2. The first-order valence-electron chi connectivity index (χ1n) is 13.8. The fraction of sp³-hybridized carbons (Fsp3) is 0.162. The molecule has 1 aliphatic carbocycles. The zero-order valence-corrected chi connectivity index (χ0v) is 22.9. The molecule has 4 aromatic carbocycles. The van der Waals surface area contributed by atoms with Crippen LogP contribution in [0.1, 0.15) is 55.9 Å². The second-order valence-corrected chi connectivity index (χ2v) is 11.3. The molecule has 1 atom stereocenters. The Morgan fingerprint density at radius 3 is 2.44 bits per heavy atom. The van der Waals surface area contributed by atoms with Gasteiger partial charge in [0.15, 0.2) is 0 Å². The fourth-order valence-corrected chi connectivity index (χ4v) is 6.46. The summed E-state index contributed by atoms with van der Waals surface area (Å²) in [6.45, 7) is 8.95. The number of rotatable bonds is 4. The van der Waals surface area contributed by atoms with E-state index in [1.54, 1.807) is 0 Å².